The maximum Gasteiger partial charge on any atom is 0.279 e. The lowest BCUT2D eigenvalue weighted by Gasteiger charge is -2.02. The van der Waals surface area contributed by atoms with Crippen LogP contribution in [-0.4, -0.2) is 21.0 Å². The van der Waals surface area contributed by atoms with Crippen LogP contribution in [0.2, 0.25) is 0 Å². The fourth-order valence-corrected chi connectivity index (χ4v) is 2.89. The summed E-state index contributed by atoms with van der Waals surface area (Å²) < 4.78 is 0. The predicted octanol–water partition coefficient (Wildman–Crippen LogP) is 3.59. The lowest BCUT2D eigenvalue weighted by molar-refractivity contribution is -0.384. The Labute approximate surface area is 119 Å². The third-order valence-electron chi connectivity index (χ3n) is 2.65. The van der Waals surface area contributed by atoms with Gasteiger partial charge >= 0.3 is 0 Å². The number of rotatable bonds is 5. The van der Waals surface area contributed by atoms with E-state index in [2.05, 4.69) is 10.2 Å². The molecule has 0 atom stereocenters. The van der Waals surface area contributed by atoms with Gasteiger partial charge in [-0.25, -0.2) is 0 Å². The molecule has 0 saturated heterocycles. The normalized spacial score (nSPS) is 10.6. The number of alkyl halides is 1. The number of hydrogen-bond donors (Lipinski definition) is 0. The highest BCUT2D eigenvalue weighted by Crippen LogP contribution is 2.34. The number of nitro groups is 1. The molecule has 19 heavy (non-hydrogen) atoms. The number of aromatic nitrogens is 2. The van der Waals surface area contributed by atoms with Crippen LogP contribution in [0, 0.1) is 17.0 Å². The number of aryl methyl sites for hydroxylation is 2. The molecule has 0 bridgehead atoms. The quantitative estimate of drug-likeness (QED) is 0.480. The van der Waals surface area contributed by atoms with Crippen LogP contribution in [0.1, 0.15) is 17.0 Å². The van der Waals surface area contributed by atoms with Gasteiger partial charge in [0.15, 0.2) is 5.01 Å². The molecule has 0 aliphatic carbocycles. The Bertz CT molecular complexity index is 600. The molecule has 1 aromatic carbocycles. The number of nitrogens with zero attached hydrogens (tertiary/aromatic N) is 3. The first-order valence-electron chi connectivity index (χ1n) is 5.76. The van der Waals surface area contributed by atoms with Crippen molar-refractivity contribution in [3.8, 4) is 10.6 Å². The molecular weight excluding hydrogens is 286 g/mol. The van der Waals surface area contributed by atoms with Gasteiger partial charge in [-0.1, -0.05) is 23.5 Å². The number of benzene rings is 1. The molecule has 100 valence electrons. The molecule has 2 aromatic rings. The Kier molecular flexibility index (Phi) is 4.44. The molecule has 0 N–H and O–H groups in total. The molecule has 7 heteroatoms. The van der Waals surface area contributed by atoms with Crippen LogP contribution in [0.3, 0.4) is 0 Å². The summed E-state index contributed by atoms with van der Waals surface area (Å²) in [5.41, 5.74) is 1.46. The maximum absolute atomic E-state index is 11.1. The van der Waals surface area contributed by atoms with E-state index in [-0.39, 0.29) is 10.6 Å². The zero-order chi connectivity index (χ0) is 13.8. The number of hydrogen-bond acceptors (Lipinski definition) is 5. The van der Waals surface area contributed by atoms with Crippen molar-refractivity contribution in [3.63, 3.8) is 0 Å². The summed E-state index contributed by atoms with van der Waals surface area (Å²) >= 11 is 7.02. The van der Waals surface area contributed by atoms with E-state index in [0.717, 1.165) is 23.4 Å². The molecule has 0 unspecified atom stereocenters. The second-order valence-electron chi connectivity index (χ2n) is 4.02. The van der Waals surface area contributed by atoms with E-state index in [1.54, 1.807) is 6.07 Å². The first kappa shape index (κ1) is 13.9. The lowest BCUT2D eigenvalue weighted by Crippen LogP contribution is -1.93. The third-order valence-corrected chi connectivity index (χ3v) is 3.92. The highest BCUT2D eigenvalue weighted by Gasteiger charge is 2.20. The van der Waals surface area contributed by atoms with Crippen molar-refractivity contribution in [2.75, 3.05) is 5.88 Å². The largest absolute Gasteiger partial charge is 0.279 e. The van der Waals surface area contributed by atoms with Crippen molar-refractivity contribution in [3.05, 3.63) is 38.9 Å². The van der Waals surface area contributed by atoms with Crippen molar-refractivity contribution in [2.24, 2.45) is 0 Å². The Morgan fingerprint density at radius 1 is 1.42 bits per heavy atom. The molecule has 0 spiro atoms. The van der Waals surface area contributed by atoms with E-state index >= 15 is 0 Å². The zero-order valence-corrected chi connectivity index (χ0v) is 11.9. The van der Waals surface area contributed by atoms with Crippen molar-refractivity contribution >= 4 is 28.6 Å². The van der Waals surface area contributed by atoms with Gasteiger partial charge in [-0.05, 0) is 18.9 Å². The minimum absolute atomic E-state index is 0.0695. The Morgan fingerprint density at radius 3 is 2.89 bits per heavy atom. The van der Waals surface area contributed by atoms with Gasteiger partial charge < -0.3 is 0 Å². The van der Waals surface area contributed by atoms with Crippen LogP contribution in [0.25, 0.3) is 10.6 Å². The molecule has 5 nitrogen and oxygen atoms in total. The molecule has 0 aliphatic rings. The van der Waals surface area contributed by atoms with Gasteiger partial charge in [0.25, 0.3) is 5.69 Å². The van der Waals surface area contributed by atoms with E-state index < -0.39 is 0 Å². The van der Waals surface area contributed by atoms with Crippen molar-refractivity contribution in [2.45, 2.75) is 19.8 Å². The van der Waals surface area contributed by atoms with Crippen LogP contribution >= 0.6 is 22.9 Å². The fourth-order valence-electron chi connectivity index (χ4n) is 1.76. The smallest absolute Gasteiger partial charge is 0.258 e. The molecule has 0 fully saturated rings. The first-order chi connectivity index (χ1) is 9.13. The highest BCUT2D eigenvalue weighted by molar-refractivity contribution is 7.14. The van der Waals surface area contributed by atoms with Gasteiger partial charge in [0.2, 0.25) is 0 Å². The van der Waals surface area contributed by atoms with Crippen LogP contribution in [0.4, 0.5) is 5.69 Å². The average Bonchev–Trinajstić information content (AvgIpc) is 2.84. The van der Waals surface area contributed by atoms with Crippen molar-refractivity contribution in [1.29, 1.82) is 0 Å². The summed E-state index contributed by atoms with van der Waals surface area (Å²) in [4.78, 5) is 10.7. The second-order valence-corrected chi connectivity index (χ2v) is 5.46. The van der Waals surface area contributed by atoms with Gasteiger partial charge in [0.05, 0.1) is 10.5 Å². The standard InChI is InChI=1S/C12H12ClN3O2S/c1-8-4-2-5-9(16(17)18)11(8)12-15-14-10(19-12)6-3-7-13/h2,4-5H,3,6-7H2,1H3. The van der Waals surface area contributed by atoms with E-state index in [9.17, 15) is 10.1 Å². The van der Waals surface area contributed by atoms with E-state index in [0.29, 0.717) is 16.5 Å². The molecule has 2 rings (SSSR count). The van der Waals surface area contributed by atoms with Gasteiger partial charge in [-0.2, -0.15) is 0 Å². The Hall–Kier alpha value is -1.53. The summed E-state index contributed by atoms with van der Waals surface area (Å²) in [5.74, 6) is 0.569. The van der Waals surface area contributed by atoms with E-state index in [1.165, 1.54) is 17.4 Å². The molecule has 0 aliphatic heterocycles. The predicted molar refractivity (Wildman–Crippen MR) is 75.8 cm³/mol. The van der Waals surface area contributed by atoms with Gasteiger partial charge in [-0.3, -0.25) is 10.1 Å². The Balaban J connectivity index is 2.41. The maximum atomic E-state index is 11.1. The average molecular weight is 298 g/mol. The van der Waals surface area contributed by atoms with Crippen LogP contribution < -0.4 is 0 Å². The molecule has 0 amide bonds. The first-order valence-corrected chi connectivity index (χ1v) is 7.11. The number of halogens is 1. The fraction of sp³-hybridized carbons (Fsp3) is 0.333. The van der Waals surface area contributed by atoms with Crippen molar-refractivity contribution in [1.82, 2.24) is 10.2 Å². The number of nitro benzene ring substituents is 1. The van der Waals surface area contributed by atoms with Crippen LogP contribution in [0.5, 0.6) is 0 Å². The van der Waals surface area contributed by atoms with Gasteiger partial charge in [-0.15, -0.1) is 21.8 Å². The molecule has 1 aromatic heterocycles. The van der Waals surface area contributed by atoms with E-state index in [1.807, 2.05) is 13.0 Å². The minimum atomic E-state index is -0.387. The van der Waals surface area contributed by atoms with Gasteiger partial charge in [0.1, 0.15) is 5.01 Å². The van der Waals surface area contributed by atoms with Crippen molar-refractivity contribution < 1.29 is 4.92 Å². The minimum Gasteiger partial charge on any atom is -0.258 e. The summed E-state index contributed by atoms with van der Waals surface area (Å²) in [5, 5.41) is 20.6. The molecule has 0 saturated carbocycles. The molecular formula is C12H12ClN3O2S. The summed E-state index contributed by atoms with van der Waals surface area (Å²) in [7, 11) is 0. The third kappa shape index (κ3) is 3.08. The summed E-state index contributed by atoms with van der Waals surface area (Å²) in [6, 6.07) is 5.00. The molecule has 1 heterocycles. The van der Waals surface area contributed by atoms with Crippen LogP contribution in [0.15, 0.2) is 18.2 Å². The second kappa shape index (κ2) is 6.08. The van der Waals surface area contributed by atoms with Crippen LogP contribution in [-0.2, 0) is 6.42 Å². The topological polar surface area (TPSA) is 68.9 Å². The van der Waals surface area contributed by atoms with Gasteiger partial charge in [0, 0.05) is 18.4 Å². The Morgan fingerprint density at radius 2 is 2.21 bits per heavy atom. The monoisotopic (exact) mass is 297 g/mol. The summed E-state index contributed by atoms with van der Waals surface area (Å²) in [6.45, 7) is 1.84. The molecule has 0 radical (unpaired) electrons. The summed E-state index contributed by atoms with van der Waals surface area (Å²) in [6.07, 6.45) is 1.58. The lowest BCUT2D eigenvalue weighted by atomic mass is 10.1. The zero-order valence-electron chi connectivity index (χ0n) is 10.3. The highest BCUT2D eigenvalue weighted by atomic mass is 35.5. The van der Waals surface area contributed by atoms with E-state index in [4.69, 9.17) is 11.6 Å². The SMILES string of the molecule is Cc1cccc([N+](=O)[O-])c1-c1nnc(CCCCl)s1.